The fourth-order valence-electron chi connectivity index (χ4n) is 2.87. The second-order valence-electron chi connectivity index (χ2n) is 6.04. The summed E-state index contributed by atoms with van der Waals surface area (Å²) < 4.78 is 5.23. The lowest BCUT2D eigenvalue weighted by molar-refractivity contribution is 0.100. The summed E-state index contributed by atoms with van der Waals surface area (Å²) >= 11 is 1.69. The quantitative estimate of drug-likeness (QED) is 0.758. The predicted molar refractivity (Wildman–Crippen MR) is 105 cm³/mol. The van der Waals surface area contributed by atoms with Crippen LogP contribution in [0.25, 0.3) is 0 Å². The Balaban J connectivity index is 1.88. The molecule has 0 saturated carbocycles. The molecule has 0 atom stereocenters. The minimum atomic E-state index is 0.100. The van der Waals surface area contributed by atoms with E-state index in [2.05, 4.69) is 4.99 Å². The first kappa shape index (κ1) is 17.5. The van der Waals surface area contributed by atoms with Crippen molar-refractivity contribution in [3.63, 3.8) is 0 Å². The normalized spacial score (nSPS) is 13.5. The molecule has 1 heterocycles. The summed E-state index contributed by atoms with van der Waals surface area (Å²) in [7, 11) is 1.65. The van der Waals surface area contributed by atoms with Gasteiger partial charge < -0.3 is 9.64 Å². The van der Waals surface area contributed by atoms with E-state index < -0.39 is 0 Å². The van der Waals surface area contributed by atoms with Crippen LogP contribution in [0.1, 0.15) is 21.5 Å². The molecule has 3 rings (SSSR count). The van der Waals surface area contributed by atoms with Crippen LogP contribution in [0, 0.1) is 13.8 Å². The molecule has 0 bridgehead atoms. The van der Waals surface area contributed by atoms with Crippen LogP contribution in [0.5, 0.6) is 5.75 Å². The Kier molecular flexibility index (Phi) is 5.43. The molecule has 0 amide bonds. The van der Waals surface area contributed by atoms with Gasteiger partial charge in [-0.05, 0) is 43.7 Å². The molecule has 5 heteroatoms. The average Bonchev–Trinajstić information content (AvgIpc) is 3.14. The Labute approximate surface area is 152 Å². The van der Waals surface area contributed by atoms with Crippen molar-refractivity contribution in [1.82, 2.24) is 0 Å². The number of thioether (sulfide) groups is 1. The number of anilines is 1. The zero-order valence-electron chi connectivity index (χ0n) is 14.8. The topological polar surface area (TPSA) is 41.9 Å². The first-order chi connectivity index (χ1) is 12.1. The van der Waals surface area contributed by atoms with Crippen molar-refractivity contribution in [2.24, 2.45) is 4.99 Å². The van der Waals surface area contributed by atoms with E-state index in [1.165, 1.54) is 0 Å². The van der Waals surface area contributed by atoms with Gasteiger partial charge in [0.1, 0.15) is 5.75 Å². The van der Waals surface area contributed by atoms with Gasteiger partial charge in [0.25, 0.3) is 0 Å². The second-order valence-corrected chi connectivity index (χ2v) is 7.10. The summed E-state index contributed by atoms with van der Waals surface area (Å²) in [5, 5.41) is 0.906. The number of amidine groups is 1. The lowest BCUT2D eigenvalue weighted by Gasteiger charge is -2.24. The number of nitrogens with zero attached hydrogens (tertiary/aromatic N) is 2. The zero-order chi connectivity index (χ0) is 17.8. The summed E-state index contributed by atoms with van der Waals surface area (Å²) in [6.07, 6.45) is 0. The summed E-state index contributed by atoms with van der Waals surface area (Å²) in [5.41, 5.74) is 3.90. The summed E-state index contributed by atoms with van der Waals surface area (Å²) in [6, 6.07) is 13.7. The molecule has 2 aromatic carbocycles. The van der Waals surface area contributed by atoms with Crippen LogP contribution in [0.2, 0.25) is 0 Å². The number of ketones is 1. The molecular weight excluding hydrogens is 332 g/mol. The van der Waals surface area contributed by atoms with Crippen molar-refractivity contribution in [3.8, 4) is 5.75 Å². The van der Waals surface area contributed by atoms with Gasteiger partial charge >= 0.3 is 0 Å². The number of ether oxygens (including phenoxy) is 1. The predicted octanol–water partition coefficient (Wildman–Crippen LogP) is 4.10. The lowest BCUT2D eigenvalue weighted by Crippen LogP contribution is -2.33. The Morgan fingerprint density at radius 3 is 2.56 bits per heavy atom. The molecule has 0 aliphatic carbocycles. The molecule has 25 heavy (non-hydrogen) atoms. The first-order valence-electron chi connectivity index (χ1n) is 8.28. The van der Waals surface area contributed by atoms with Gasteiger partial charge in [-0.15, -0.1) is 0 Å². The molecule has 0 radical (unpaired) electrons. The average molecular weight is 354 g/mol. The molecule has 4 nitrogen and oxygen atoms in total. The molecule has 1 aliphatic heterocycles. The third-order valence-electron chi connectivity index (χ3n) is 4.17. The van der Waals surface area contributed by atoms with E-state index >= 15 is 0 Å². The van der Waals surface area contributed by atoms with Crippen LogP contribution in [0.3, 0.4) is 0 Å². The third-order valence-corrected chi connectivity index (χ3v) is 5.16. The molecule has 2 aromatic rings. The molecule has 0 N–H and O–H groups in total. The van der Waals surface area contributed by atoms with Gasteiger partial charge in [0.05, 0.1) is 20.2 Å². The van der Waals surface area contributed by atoms with Gasteiger partial charge in [0, 0.05) is 17.0 Å². The van der Waals surface area contributed by atoms with Gasteiger partial charge in [-0.25, -0.2) is 0 Å². The van der Waals surface area contributed by atoms with Crippen LogP contribution in [0.15, 0.2) is 47.5 Å². The maximum absolute atomic E-state index is 12.9. The Hall–Kier alpha value is -2.27. The number of aryl methyl sites for hydroxylation is 2. The number of methoxy groups -OCH3 is 1. The van der Waals surface area contributed by atoms with Crippen LogP contribution in [-0.4, -0.2) is 36.9 Å². The fourth-order valence-corrected chi connectivity index (χ4v) is 3.75. The van der Waals surface area contributed by atoms with E-state index in [1.807, 2.05) is 61.2 Å². The number of carbonyl (C=O) groups excluding carboxylic acids is 1. The fraction of sp³-hybridized carbons (Fsp3) is 0.300. The third kappa shape index (κ3) is 4.04. The van der Waals surface area contributed by atoms with Gasteiger partial charge in [-0.1, -0.05) is 35.5 Å². The minimum absolute atomic E-state index is 0.100. The smallest absolute Gasteiger partial charge is 0.182 e. The standard InChI is InChI=1S/C20H22N2O2S/c1-14-4-9-18(15(2)12-14)19(23)13-22(20-21-10-11-25-20)16-5-7-17(24-3)8-6-16/h4-9,12H,10-11,13H2,1-3H3. The van der Waals surface area contributed by atoms with Crippen molar-refractivity contribution >= 4 is 28.4 Å². The van der Waals surface area contributed by atoms with Crippen molar-refractivity contribution < 1.29 is 9.53 Å². The van der Waals surface area contributed by atoms with Crippen molar-refractivity contribution in [2.45, 2.75) is 13.8 Å². The minimum Gasteiger partial charge on any atom is -0.497 e. The molecule has 1 aliphatic rings. The van der Waals surface area contributed by atoms with Crippen LogP contribution >= 0.6 is 11.8 Å². The van der Waals surface area contributed by atoms with Crippen LogP contribution in [0.4, 0.5) is 5.69 Å². The van der Waals surface area contributed by atoms with Crippen molar-refractivity contribution in [3.05, 3.63) is 59.2 Å². The number of hydrogen-bond donors (Lipinski definition) is 0. The van der Waals surface area contributed by atoms with Crippen LogP contribution in [-0.2, 0) is 0 Å². The maximum atomic E-state index is 12.9. The zero-order valence-corrected chi connectivity index (χ0v) is 15.6. The van der Waals surface area contributed by atoms with E-state index in [-0.39, 0.29) is 12.3 Å². The van der Waals surface area contributed by atoms with E-state index in [1.54, 1.807) is 18.9 Å². The molecule has 0 spiro atoms. The SMILES string of the molecule is COc1ccc(N(CC(=O)c2ccc(C)cc2C)C2=NCCS2)cc1. The molecule has 130 valence electrons. The first-order valence-corrected chi connectivity index (χ1v) is 9.26. The van der Waals surface area contributed by atoms with Gasteiger partial charge in [0.2, 0.25) is 0 Å². The van der Waals surface area contributed by atoms with Crippen molar-refractivity contribution in [2.75, 3.05) is 30.9 Å². The highest BCUT2D eigenvalue weighted by molar-refractivity contribution is 8.14. The molecular formula is C20H22N2O2S. The van der Waals surface area contributed by atoms with E-state index in [0.29, 0.717) is 0 Å². The lowest BCUT2D eigenvalue weighted by atomic mass is 10.0. The van der Waals surface area contributed by atoms with Crippen LogP contribution < -0.4 is 9.64 Å². The largest absolute Gasteiger partial charge is 0.497 e. The van der Waals surface area contributed by atoms with E-state index in [4.69, 9.17) is 4.74 Å². The number of carbonyl (C=O) groups is 1. The number of rotatable bonds is 5. The van der Waals surface area contributed by atoms with Gasteiger partial charge in [-0.3, -0.25) is 9.79 Å². The molecule has 0 aromatic heterocycles. The van der Waals surface area contributed by atoms with E-state index in [0.717, 1.165) is 45.6 Å². The molecule has 0 saturated heterocycles. The summed E-state index contributed by atoms with van der Waals surface area (Å²) in [5.74, 6) is 1.86. The summed E-state index contributed by atoms with van der Waals surface area (Å²) in [4.78, 5) is 19.5. The number of benzene rings is 2. The Morgan fingerprint density at radius 1 is 1.20 bits per heavy atom. The van der Waals surface area contributed by atoms with Gasteiger partial charge in [0.15, 0.2) is 11.0 Å². The maximum Gasteiger partial charge on any atom is 0.182 e. The Morgan fingerprint density at radius 2 is 1.96 bits per heavy atom. The number of Topliss-reactive ketones (excluding diaryl/α,β-unsaturated/α-hetero) is 1. The highest BCUT2D eigenvalue weighted by Gasteiger charge is 2.22. The molecule has 0 unspecified atom stereocenters. The van der Waals surface area contributed by atoms with Crippen molar-refractivity contribution in [1.29, 1.82) is 0 Å². The van der Waals surface area contributed by atoms with E-state index in [9.17, 15) is 4.79 Å². The van der Waals surface area contributed by atoms with Gasteiger partial charge in [-0.2, -0.15) is 0 Å². The second kappa shape index (κ2) is 7.74. The molecule has 0 fully saturated rings. The number of hydrogen-bond acceptors (Lipinski definition) is 5. The number of aliphatic imine (C=N–C) groups is 1. The Bertz CT molecular complexity index is 800. The monoisotopic (exact) mass is 354 g/mol. The highest BCUT2D eigenvalue weighted by atomic mass is 32.2. The highest BCUT2D eigenvalue weighted by Crippen LogP contribution is 2.26. The summed E-state index contributed by atoms with van der Waals surface area (Å²) in [6.45, 7) is 5.10.